The molecule has 0 radical (unpaired) electrons. The van der Waals surface area contributed by atoms with Crippen molar-refractivity contribution in [2.24, 2.45) is 0 Å². The van der Waals surface area contributed by atoms with Gasteiger partial charge in [-0.2, -0.15) is 0 Å². The van der Waals surface area contributed by atoms with Crippen LogP contribution in [-0.2, 0) is 11.3 Å². The molecule has 2 saturated heterocycles. The number of para-hydroxylation sites is 1. The lowest BCUT2D eigenvalue weighted by molar-refractivity contribution is -0.197. The Hall–Kier alpha value is -2.41. The van der Waals surface area contributed by atoms with E-state index in [0.717, 1.165) is 37.2 Å². The average Bonchev–Trinajstić information content (AvgIpc) is 2.78. The topological polar surface area (TPSA) is 79.8 Å². The quantitative estimate of drug-likeness (QED) is 0.706. The first-order valence-electron chi connectivity index (χ1n) is 10.6. The van der Waals surface area contributed by atoms with Gasteiger partial charge in [-0.15, -0.1) is 0 Å². The van der Waals surface area contributed by atoms with E-state index in [9.17, 15) is 9.90 Å². The first-order chi connectivity index (χ1) is 14.5. The van der Waals surface area contributed by atoms with Crippen molar-refractivity contribution in [1.29, 1.82) is 0 Å². The van der Waals surface area contributed by atoms with Crippen LogP contribution in [0.5, 0.6) is 5.75 Å². The molecule has 2 aromatic carbocycles. The number of rotatable bonds is 5. The molecule has 30 heavy (non-hydrogen) atoms. The van der Waals surface area contributed by atoms with E-state index in [2.05, 4.69) is 10.6 Å². The summed E-state index contributed by atoms with van der Waals surface area (Å²) < 4.78 is 11.8. The Labute approximate surface area is 177 Å². The highest BCUT2D eigenvalue weighted by molar-refractivity contribution is 5.94. The molecule has 6 nitrogen and oxygen atoms in total. The summed E-state index contributed by atoms with van der Waals surface area (Å²) in [6.07, 6.45) is 1.33. The lowest BCUT2D eigenvalue weighted by Crippen LogP contribution is -2.69. The molecule has 4 rings (SSSR count). The molecule has 3 N–H and O–H groups in total. The van der Waals surface area contributed by atoms with Gasteiger partial charge in [-0.05, 0) is 69.1 Å². The summed E-state index contributed by atoms with van der Waals surface area (Å²) in [6.45, 7) is 4.52. The fraction of sp³-hybridized carbons (Fsp3) is 0.458. The van der Waals surface area contributed by atoms with Crippen molar-refractivity contribution in [2.75, 3.05) is 19.7 Å². The minimum absolute atomic E-state index is 0.182. The molecule has 0 aliphatic carbocycles. The van der Waals surface area contributed by atoms with Crippen molar-refractivity contribution in [3.8, 4) is 5.75 Å². The number of amides is 1. The summed E-state index contributed by atoms with van der Waals surface area (Å²) in [5, 5.41) is 17.5. The van der Waals surface area contributed by atoms with Crippen LogP contribution in [0, 0.1) is 0 Å². The number of nitrogens with one attached hydrogen (secondary N) is 2. The van der Waals surface area contributed by atoms with Crippen LogP contribution in [0.15, 0.2) is 54.6 Å². The third kappa shape index (κ3) is 4.36. The van der Waals surface area contributed by atoms with Crippen LogP contribution in [0.3, 0.4) is 0 Å². The summed E-state index contributed by atoms with van der Waals surface area (Å²) in [5.74, 6) is 0.630. The number of benzene rings is 2. The van der Waals surface area contributed by atoms with Gasteiger partial charge in [0.15, 0.2) is 0 Å². The number of piperidine rings is 1. The number of aliphatic hydroxyl groups is 1. The van der Waals surface area contributed by atoms with Gasteiger partial charge in [0.05, 0.1) is 11.1 Å². The highest BCUT2D eigenvalue weighted by Crippen LogP contribution is 2.38. The van der Waals surface area contributed by atoms with Crippen LogP contribution in [0.2, 0.25) is 0 Å². The third-order valence-electron chi connectivity index (χ3n) is 6.33. The molecular formula is C24H30N2O4. The zero-order chi connectivity index (χ0) is 21.0. The number of hydrogen-bond donors (Lipinski definition) is 3. The van der Waals surface area contributed by atoms with E-state index in [4.69, 9.17) is 9.47 Å². The summed E-state index contributed by atoms with van der Waals surface area (Å²) >= 11 is 0. The molecule has 6 heteroatoms. The molecule has 2 heterocycles. The largest absolute Gasteiger partial charge is 0.489 e. The SMILES string of the molecule is C[C@@]1(NC(=O)c2ccc(COc3ccccc3)cc2)CCOC2(CCNCC2)[C@H]1O. The Morgan fingerprint density at radius 3 is 2.53 bits per heavy atom. The van der Waals surface area contributed by atoms with E-state index in [1.54, 1.807) is 12.1 Å². The molecule has 0 aromatic heterocycles. The second kappa shape index (κ2) is 8.76. The van der Waals surface area contributed by atoms with Crippen molar-refractivity contribution in [2.45, 2.75) is 50.0 Å². The molecule has 0 bridgehead atoms. The maximum Gasteiger partial charge on any atom is 0.251 e. The van der Waals surface area contributed by atoms with Gasteiger partial charge < -0.3 is 25.2 Å². The molecule has 2 fully saturated rings. The molecular weight excluding hydrogens is 380 g/mol. The van der Waals surface area contributed by atoms with Crippen molar-refractivity contribution < 1.29 is 19.4 Å². The Bertz CT molecular complexity index is 844. The molecule has 0 saturated carbocycles. The fourth-order valence-electron chi connectivity index (χ4n) is 4.43. The van der Waals surface area contributed by atoms with Gasteiger partial charge in [-0.1, -0.05) is 30.3 Å². The molecule has 2 aromatic rings. The Balaban J connectivity index is 1.39. The van der Waals surface area contributed by atoms with Crippen molar-refractivity contribution in [1.82, 2.24) is 10.6 Å². The van der Waals surface area contributed by atoms with Crippen LogP contribution in [0.25, 0.3) is 0 Å². The highest BCUT2D eigenvalue weighted by atomic mass is 16.5. The molecule has 1 spiro atoms. The van der Waals surface area contributed by atoms with E-state index >= 15 is 0 Å². The average molecular weight is 411 g/mol. The number of hydrogen-bond acceptors (Lipinski definition) is 5. The predicted molar refractivity (Wildman–Crippen MR) is 114 cm³/mol. The lowest BCUT2D eigenvalue weighted by atomic mass is 9.73. The second-order valence-electron chi connectivity index (χ2n) is 8.49. The van der Waals surface area contributed by atoms with E-state index in [1.807, 2.05) is 49.4 Å². The van der Waals surface area contributed by atoms with Gasteiger partial charge in [-0.3, -0.25) is 4.79 Å². The smallest absolute Gasteiger partial charge is 0.251 e. The minimum atomic E-state index is -0.747. The molecule has 0 unspecified atom stereocenters. The monoisotopic (exact) mass is 410 g/mol. The predicted octanol–water partition coefficient (Wildman–Crippen LogP) is 2.66. The van der Waals surface area contributed by atoms with Gasteiger partial charge in [0.25, 0.3) is 5.91 Å². The van der Waals surface area contributed by atoms with Crippen LogP contribution < -0.4 is 15.4 Å². The number of ether oxygens (including phenoxy) is 2. The number of aliphatic hydroxyl groups excluding tert-OH is 1. The molecule has 2 aliphatic heterocycles. The van der Waals surface area contributed by atoms with Crippen LogP contribution in [0.1, 0.15) is 42.1 Å². The van der Waals surface area contributed by atoms with E-state index in [-0.39, 0.29) is 5.91 Å². The standard InChI is InChI=1S/C24H30N2O4/c1-23(13-16-30-24(22(23)28)11-14-25-15-12-24)26-21(27)19-9-7-18(8-10-19)17-29-20-5-3-2-4-6-20/h2-10,22,25,28H,11-17H2,1H3,(H,26,27)/t22-,23+/m0/s1. The highest BCUT2D eigenvalue weighted by Gasteiger charge is 2.53. The minimum Gasteiger partial charge on any atom is -0.489 e. The first-order valence-corrected chi connectivity index (χ1v) is 10.6. The van der Waals surface area contributed by atoms with Crippen LogP contribution >= 0.6 is 0 Å². The Kier molecular flexibility index (Phi) is 6.09. The van der Waals surface area contributed by atoms with Gasteiger partial charge in [0, 0.05) is 12.2 Å². The summed E-state index contributed by atoms with van der Waals surface area (Å²) in [7, 11) is 0. The maximum absolute atomic E-state index is 12.9. The Morgan fingerprint density at radius 1 is 1.13 bits per heavy atom. The fourth-order valence-corrected chi connectivity index (χ4v) is 4.43. The van der Waals surface area contributed by atoms with Crippen molar-refractivity contribution in [3.63, 3.8) is 0 Å². The molecule has 160 valence electrons. The Morgan fingerprint density at radius 2 is 1.83 bits per heavy atom. The molecule has 1 amide bonds. The summed E-state index contributed by atoms with van der Waals surface area (Å²) in [6, 6.07) is 17.0. The van der Waals surface area contributed by atoms with Gasteiger partial charge >= 0.3 is 0 Å². The van der Waals surface area contributed by atoms with E-state index in [0.29, 0.717) is 25.2 Å². The summed E-state index contributed by atoms with van der Waals surface area (Å²) in [4.78, 5) is 12.9. The van der Waals surface area contributed by atoms with Crippen molar-refractivity contribution >= 4 is 5.91 Å². The van der Waals surface area contributed by atoms with Crippen LogP contribution in [0.4, 0.5) is 0 Å². The lowest BCUT2D eigenvalue weighted by Gasteiger charge is -2.52. The summed E-state index contributed by atoms with van der Waals surface area (Å²) in [5.41, 5.74) is 0.255. The van der Waals surface area contributed by atoms with E-state index < -0.39 is 17.2 Å². The van der Waals surface area contributed by atoms with Crippen LogP contribution in [-0.4, -0.2) is 48.0 Å². The third-order valence-corrected chi connectivity index (χ3v) is 6.33. The number of carbonyl (C=O) groups excluding carboxylic acids is 1. The van der Waals surface area contributed by atoms with Gasteiger partial charge in [0.2, 0.25) is 0 Å². The normalized spacial score (nSPS) is 25.6. The zero-order valence-electron chi connectivity index (χ0n) is 17.4. The van der Waals surface area contributed by atoms with Crippen molar-refractivity contribution in [3.05, 3.63) is 65.7 Å². The van der Waals surface area contributed by atoms with Gasteiger partial charge in [-0.25, -0.2) is 0 Å². The van der Waals surface area contributed by atoms with E-state index in [1.165, 1.54) is 0 Å². The molecule has 2 atom stereocenters. The van der Waals surface area contributed by atoms with Gasteiger partial charge in [0.1, 0.15) is 18.5 Å². The zero-order valence-corrected chi connectivity index (χ0v) is 17.4. The molecule has 2 aliphatic rings. The first kappa shape index (κ1) is 20.8. The maximum atomic E-state index is 12.9. The number of carbonyl (C=O) groups is 1. The second-order valence-corrected chi connectivity index (χ2v) is 8.49.